The van der Waals surface area contributed by atoms with Crippen molar-refractivity contribution in [1.29, 1.82) is 10.5 Å². The maximum atomic E-state index is 12.9. The lowest BCUT2D eigenvalue weighted by Crippen LogP contribution is -2.44. The van der Waals surface area contributed by atoms with E-state index < -0.39 is 0 Å². The summed E-state index contributed by atoms with van der Waals surface area (Å²) in [5.41, 5.74) is 4.71. The lowest BCUT2D eigenvalue weighted by Gasteiger charge is -2.35. The molecule has 8 nitrogen and oxygen atoms in total. The quantitative estimate of drug-likeness (QED) is 0.435. The first kappa shape index (κ1) is 27.9. The third-order valence-electron chi connectivity index (χ3n) is 7.85. The molecule has 0 bridgehead atoms. The molecule has 3 heterocycles. The van der Waals surface area contributed by atoms with Gasteiger partial charge in [-0.05, 0) is 66.9 Å². The summed E-state index contributed by atoms with van der Waals surface area (Å²) in [5, 5.41) is 21.1. The molecule has 2 aromatic carbocycles. The zero-order valence-corrected chi connectivity index (χ0v) is 23.1. The second kappa shape index (κ2) is 13.1. The second-order valence-electron chi connectivity index (χ2n) is 10.7. The lowest BCUT2D eigenvalue weighted by atomic mass is 10.0. The molecular weight excluding hydrogens is 512 g/mol. The SMILES string of the molecule is C=C(c1ccc(C(=O)NC2CCN(Cc3ccc(C#N)cc3)CC2)nc1)N1CCC(Oc2ccc(C#N)cc2)CC1. The van der Waals surface area contributed by atoms with Gasteiger partial charge in [-0.15, -0.1) is 0 Å². The van der Waals surface area contributed by atoms with Gasteiger partial charge in [-0.25, -0.2) is 0 Å². The van der Waals surface area contributed by atoms with Crippen molar-refractivity contribution < 1.29 is 9.53 Å². The van der Waals surface area contributed by atoms with E-state index in [0.717, 1.165) is 75.4 Å². The van der Waals surface area contributed by atoms with Gasteiger partial charge < -0.3 is 15.0 Å². The van der Waals surface area contributed by atoms with E-state index in [1.54, 1.807) is 24.4 Å². The Balaban J connectivity index is 1.05. The van der Waals surface area contributed by atoms with Crippen molar-refractivity contribution >= 4 is 11.6 Å². The highest BCUT2D eigenvalue weighted by Crippen LogP contribution is 2.25. The Morgan fingerprint density at radius 2 is 1.54 bits per heavy atom. The largest absolute Gasteiger partial charge is 0.490 e. The van der Waals surface area contributed by atoms with Crippen LogP contribution >= 0.6 is 0 Å². The third kappa shape index (κ3) is 7.30. The van der Waals surface area contributed by atoms with Gasteiger partial charge in [0.15, 0.2) is 0 Å². The van der Waals surface area contributed by atoms with E-state index in [-0.39, 0.29) is 18.1 Å². The van der Waals surface area contributed by atoms with Gasteiger partial charge in [-0.2, -0.15) is 10.5 Å². The van der Waals surface area contributed by atoms with Crippen LogP contribution in [0.1, 0.15) is 58.4 Å². The van der Waals surface area contributed by atoms with Crippen molar-refractivity contribution in [1.82, 2.24) is 20.1 Å². The number of rotatable bonds is 8. The first-order valence-electron chi connectivity index (χ1n) is 14.1. The maximum absolute atomic E-state index is 12.9. The molecule has 0 atom stereocenters. The summed E-state index contributed by atoms with van der Waals surface area (Å²) in [4.78, 5) is 21.9. The number of hydrogen-bond acceptors (Lipinski definition) is 7. The Kier molecular flexibility index (Phi) is 8.93. The molecule has 2 fully saturated rings. The van der Waals surface area contributed by atoms with Gasteiger partial charge in [0, 0.05) is 69.1 Å². The number of ether oxygens (including phenoxy) is 1. The molecule has 2 aliphatic heterocycles. The molecule has 0 spiro atoms. The van der Waals surface area contributed by atoms with Crippen LogP contribution in [-0.2, 0) is 6.54 Å². The number of amides is 1. The standard InChI is InChI=1S/C33H34N6O2/c1-24(39-18-14-31(15-19-39)41-30-9-6-26(21-35)7-10-30)28-8-11-32(36-22-28)33(40)37-29-12-16-38(17-13-29)23-27-4-2-25(20-34)3-5-27/h2-11,22,29,31H,1,12-19,23H2,(H,37,40). The second-order valence-corrected chi connectivity index (χ2v) is 10.7. The number of likely N-dealkylation sites (tertiary alicyclic amines) is 2. The monoisotopic (exact) mass is 546 g/mol. The fourth-order valence-corrected chi connectivity index (χ4v) is 5.36. The Labute approximate surface area is 241 Å². The first-order chi connectivity index (χ1) is 20.0. The van der Waals surface area contributed by atoms with Gasteiger partial charge >= 0.3 is 0 Å². The molecule has 2 saturated heterocycles. The van der Waals surface area contributed by atoms with Crippen LogP contribution in [-0.4, -0.2) is 59.0 Å². The highest BCUT2D eigenvalue weighted by Gasteiger charge is 2.24. The molecule has 8 heteroatoms. The van der Waals surface area contributed by atoms with E-state index in [1.807, 2.05) is 42.5 Å². The van der Waals surface area contributed by atoms with Crippen molar-refractivity contribution in [2.75, 3.05) is 26.2 Å². The molecule has 0 radical (unpaired) electrons. The van der Waals surface area contributed by atoms with Crippen LogP contribution in [0.5, 0.6) is 5.75 Å². The minimum absolute atomic E-state index is 0.124. The van der Waals surface area contributed by atoms with E-state index in [9.17, 15) is 4.79 Å². The zero-order chi connectivity index (χ0) is 28.6. The molecule has 1 amide bonds. The number of carbonyl (C=O) groups excluding carboxylic acids is 1. The number of aromatic nitrogens is 1. The highest BCUT2D eigenvalue weighted by atomic mass is 16.5. The number of nitrogens with one attached hydrogen (secondary N) is 1. The zero-order valence-electron chi connectivity index (χ0n) is 23.1. The van der Waals surface area contributed by atoms with Gasteiger partial charge in [-0.3, -0.25) is 14.7 Å². The first-order valence-corrected chi connectivity index (χ1v) is 14.1. The van der Waals surface area contributed by atoms with Crippen LogP contribution in [0.15, 0.2) is 73.4 Å². The third-order valence-corrected chi connectivity index (χ3v) is 7.85. The number of piperidine rings is 2. The number of carbonyl (C=O) groups is 1. The summed E-state index contributed by atoms with van der Waals surface area (Å²) < 4.78 is 6.10. The predicted octanol–water partition coefficient (Wildman–Crippen LogP) is 4.73. The average molecular weight is 547 g/mol. The highest BCUT2D eigenvalue weighted by molar-refractivity contribution is 5.92. The summed E-state index contributed by atoms with van der Waals surface area (Å²) >= 11 is 0. The van der Waals surface area contributed by atoms with E-state index in [4.69, 9.17) is 15.3 Å². The Bertz CT molecular complexity index is 1420. The topological polar surface area (TPSA) is 105 Å². The van der Waals surface area contributed by atoms with Crippen molar-refractivity contribution in [3.63, 3.8) is 0 Å². The maximum Gasteiger partial charge on any atom is 0.270 e. The van der Waals surface area contributed by atoms with Crippen LogP contribution < -0.4 is 10.1 Å². The number of nitrogens with zero attached hydrogens (tertiary/aromatic N) is 5. The Morgan fingerprint density at radius 1 is 0.902 bits per heavy atom. The minimum atomic E-state index is -0.145. The predicted molar refractivity (Wildman–Crippen MR) is 157 cm³/mol. The molecule has 1 aromatic heterocycles. The van der Waals surface area contributed by atoms with E-state index >= 15 is 0 Å². The van der Waals surface area contributed by atoms with Gasteiger partial charge in [0.05, 0.1) is 23.3 Å². The fourth-order valence-electron chi connectivity index (χ4n) is 5.36. The smallest absolute Gasteiger partial charge is 0.270 e. The molecule has 2 aliphatic rings. The molecule has 41 heavy (non-hydrogen) atoms. The summed E-state index contributed by atoms with van der Waals surface area (Å²) in [7, 11) is 0. The number of benzene rings is 2. The van der Waals surface area contributed by atoms with Crippen LogP contribution in [0.2, 0.25) is 0 Å². The number of nitriles is 2. The van der Waals surface area contributed by atoms with Crippen molar-refractivity contribution in [2.24, 2.45) is 0 Å². The van der Waals surface area contributed by atoms with Gasteiger partial charge in [0.2, 0.25) is 0 Å². The molecule has 1 N–H and O–H groups in total. The molecule has 0 unspecified atom stereocenters. The summed E-state index contributed by atoms with van der Waals surface area (Å²) in [5.74, 6) is 0.640. The molecule has 0 saturated carbocycles. The minimum Gasteiger partial charge on any atom is -0.490 e. The molecule has 0 aliphatic carbocycles. The summed E-state index contributed by atoms with van der Waals surface area (Å²) in [6.07, 6.45) is 5.39. The summed E-state index contributed by atoms with van der Waals surface area (Å²) in [6, 6.07) is 23.0. The Hall–Kier alpha value is -4.66. The van der Waals surface area contributed by atoms with E-state index in [1.165, 1.54) is 5.56 Å². The lowest BCUT2D eigenvalue weighted by molar-refractivity contribution is 0.0904. The number of hydrogen-bond donors (Lipinski definition) is 1. The van der Waals surface area contributed by atoms with Crippen LogP contribution in [0, 0.1) is 22.7 Å². The van der Waals surface area contributed by atoms with Gasteiger partial charge in [0.1, 0.15) is 17.5 Å². The van der Waals surface area contributed by atoms with Crippen molar-refractivity contribution in [2.45, 2.75) is 44.4 Å². The molecule has 208 valence electrons. The van der Waals surface area contributed by atoms with Crippen LogP contribution in [0.25, 0.3) is 5.70 Å². The molecular formula is C33H34N6O2. The normalized spacial score (nSPS) is 16.4. The van der Waals surface area contributed by atoms with E-state index in [2.05, 4.69) is 38.8 Å². The molecule has 5 rings (SSSR count). The molecule has 3 aromatic rings. The Morgan fingerprint density at radius 3 is 2.12 bits per heavy atom. The fraction of sp³-hybridized carbons (Fsp3) is 0.333. The van der Waals surface area contributed by atoms with Gasteiger partial charge in [0.25, 0.3) is 5.91 Å². The van der Waals surface area contributed by atoms with Gasteiger partial charge in [-0.1, -0.05) is 18.7 Å². The average Bonchev–Trinajstić information content (AvgIpc) is 3.03. The summed E-state index contributed by atoms with van der Waals surface area (Å²) in [6.45, 7) is 8.60. The van der Waals surface area contributed by atoms with E-state index in [0.29, 0.717) is 16.8 Å². The number of pyridine rings is 1. The van der Waals surface area contributed by atoms with Crippen LogP contribution in [0.4, 0.5) is 0 Å². The van der Waals surface area contributed by atoms with Crippen LogP contribution in [0.3, 0.4) is 0 Å². The van der Waals surface area contributed by atoms with Crippen molar-refractivity contribution in [3.05, 3.63) is 101 Å². The van der Waals surface area contributed by atoms with Crippen molar-refractivity contribution in [3.8, 4) is 17.9 Å².